The summed E-state index contributed by atoms with van der Waals surface area (Å²) in [5.41, 5.74) is 0. The minimum absolute atomic E-state index is 0.0809. The number of methoxy groups -OCH3 is 1. The quantitative estimate of drug-likeness (QED) is 0.670. The normalized spacial score (nSPS) is 12.9. The average Bonchev–Trinajstić information content (AvgIpc) is 2.14. The van der Waals surface area contributed by atoms with Gasteiger partial charge in [-0.2, -0.15) is 0 Å². The lowest BCUT2D eigenvalue weighted by Gasteiger charge is -2.16. The number of hydrogen-bond acceptors (Lipinski definition) is 3. The van der Waals surface area contributed by atoms with Crippen molar-refractivity contribution in [1.82, 2.24) is 5.32 Å². The molecule has 0 fully saturated rings. The zero-order valence-electron chi connectivity index (χ0n) is 9.50. The largest absolute Gasteiger partial charge is 0.383 e. The van der Waals surface area contributed by atoms with E-state index in [1.165, 1.54) is 0 Å². The van der Waals surface area contributed by atoms with Gasteiger partial charge in [0.15, 0.2) is 0 Å². The number of carbonyl (C=O) groups is 1. The first-order valence-corrected chi connectivity index (χ1v) is 5.00. The van der Waals surface area contributed by atoms with Gasteiger partial charge in [-0.15, -0.1) is 0 Å². The van der Waals surface area contributed by atoms with Gasteiger partial charge in [-0.05, 0) is 20.3 Å². The number of hydrogen-bond donors (Lipinski definition) is 1. The first-order chi connectivity index (χ1) is 6.60. The highest BCUT2D eigenvalue weighted by Gasteiger charge is 2.10. The maximum absolute atomic E-state index is 11.3. The Morgan fingerprint density at radius 2 is 2.07 bits per heavy atom. The molecule has 0 saturated heterocycles. The molecule has 0 bridgehead atoms. The molecular formula is C10H21NO3. The predicted molar refractivity (Wildman–Crippen MR) is 55.2 cm³/mol. The summed E-state index contributed by atoms with van der Waals surface area (Å²) in [6.45, 7) is 6.48. The molecule has 4 heteroatoms. The van der Waals surface area contributed by atoms with E-state index in [1.54, 1.807) is 7.11 Å². The van der Waals surface area contributed by atoms with E-state index in [0.29, 0.717) is 6.61 Å². The lowest BCUT2D eigenvalue weighted by Crippen LogP contribution is -2.39. The van der Waals surface area contributed by atoms with Gasteiger partial charge < -0.3 is 14.8 Å². The van der Waals surface area contributed by atoms with Crippen LogP contribution >= 0.6 is 0 Å². The van der Waals surface area contributed by atoms with Crippen LogP contribution in [0.3, 0.4) is 0 Å². The molecule has 0 heterocycles. The molecule has 0 aliphatic carbocycles. The summed E-state index contributed by atoms with van der Waals surface area (Å²) in [5, 5.41) is 2.83. The Hall–Kier alpha value is -0.610. The molecule has 0 aliphatic rings. The molecule has 0 aromatic rings. The van der Waals surface area contributed by atoms with Crippen LogP contribution in [0.15, 0.2) is 0 Å². The van der Waals surface area contributed by atoms with Crippen molar-refractivity contribution in [1.29, 1.82) is 0 Å². The third kappa shape index (κ3) is 6.86. The zero-order chi connectivity index (χ0) is 11.0. The number of ether oxygens (including phenoxy) is 2. The SMILES string of the molecule is CCC(COC)NC(=O)COC(C)C. The summed E-state index contributed by atoms with van der Waals surface area (Å²) in [4.78, 5) is 11.3. The summed E-state index contributed by atoms with van der Waals surface area (Å²) >= 11 is 0. The Bertz CT molecular complexity index is 159. The number of nitrogens with one attached hydrogen (secondary N) is 1. The van der Waals surface area contributed by atoms with Crippen molar-refractivity contribution in [3.05, 3.63) is 0 Å². The maximum atomic E-state index is 11.3. The highest BCUT2D eigenvalue weighted by molar-refractivity contribution is 5.77. The van der Waals surface area contributed by atoms with Gasteiger partial charge in [0, 0.05) is 7.11 Å². The van der Waals surface area contributed by atoms with Gasteiger partial charge in [0.05, 0.1) is 18.8 Å². The Morgan fingerprint density at radius 1 is 1.43 bits per heavy atom. The minimum Gasteiger partial charge on any atom is -0.383 e. The standard InChI is InChI=1S/C10H21NO3/c1-5-9(6-13-4)11-10(12)7-14-8(2)3/h8-9H,5-7H2,1-4H3,(H,11,12). The van der Waals surface area contributed by atoms with E-state index in [9.17, 15) is 4.79 Å². The molecule has 4 nitrogen and oxygen atoms in total. The summed E-state index contributed by atoms with van der Waals surface area (Å²) < 4.78 is 10.1. The molecule has 0 aromatic heterocycles. The second-order valence-corrected chi connectivity index (χ2v) is 3.49. The number of amides is 1. The minimum atomic E-state index is -0.0809. The lowest BCUT2D eigenvalue weighted by atomic mass is 10.2. The van der Waals surface area contributed by atoms with E-state index < -0.39 is 0 Å². The molecular weight excluding hydrogens is 182 g/mol. The Labute approximate surface area is 86.0 Å². The van der Waals surface area contributed by atoms with E-state index in [1.807, 2.05) is 20.8 Å². The van der Waals surface area contributed by atoms with Crippen molar-refractivity contribution in [2.24, 2.45) is 0 Å². The molecule has 1 amide bonds. The fourth-order valence-electron chi connectivity index (χ4n) is 0.974. The van der Waals surface area contributed by atoms with Gasteiger partial charge >= 0.3 is 0 Å². The molecule has 0 saturated carbocycles. The fourth-order valence-corrected chi connectivity index (χ4v) is 0.974. The van der Waals surface area contributed by atoms with Gasteiger partial charge in [-0.1, -0.05) is 6.92 Å². The van der Waals surface area contributed by atoms with Crippen LogP contribution in [0.25, 0.3) is 0 Å². The summed E-state index contributed by atoms with van der Waals surface area (Å²) in [5.74, 6) is -0.0809. The van der Waals surface area contributed by atoms with E-state index in [0.717, 1.165) is 6.42 Å². The fraction of sp³-hybridized carbons (Fsp3) is 0.900. The van der Waals surface area contributed by atoms with Crippen molar-refractivity contribution >= 4 is 5.91 Å². The Kier molecular flexibility index (Phi) is 7.42. The van der Waals surface area contributed by atoms with Gasteiger partial charge in [0.25, 0.3) is 0 Å². The van der Waals surface area contributed by atoms with Crippen LogP contribution in [0.1, 0.15) is 27.2 Å². The van der Waals surface area contributed by atoms with Gasteiger partial charge in [-0.25, -0.2) is 0 Å². The molecule has 0 aliphatic heterocycles. The highest BCUT2D eigenvalue weighted by Crippen LogP contribution is 1.92. The Balaban J connectivity index is 3.67. The topological polar surface area (TPSA) is 47.6 Å². The van der Waals surface area contributed by atoms with E-state index in [-0.39, 0.29) is 24.7 Å². The van der Waals surface area contributed by atoms with E-state index >= 15 is 0 Å². The van der Waals surface area contributed by atoms with Crippen molar-refractivity contribution in [2.75, 3.05) is 20.3 Å². The van der Waals surface area contributed by atoms with E-state index in [2.05, 4.69) is 5.32 Å². The third-order valence-corrected chi connectivity index (χ3v) is 1.77. The molecule has 1 atom stereocenters. The molecule has 84 valence electrons. The number of rotatable bonds is 7. The maximum Gasteiger partial charge on any atom is 0.246 e. The zero-order valence-corrected chi connectivity index (χ0v) is 9.50. The lowest BCUT2D eigenvalue weighted by molar-refractivity contribution is -0.128. The van der Waals surface area contributed by atoms with Crippen molar-refractivity contribution in [3.8, 4) is 0 Å². The van der Waals surface area contributed by atoms with Gasteiger partial charge in [0.1, 0.15) is 6.61 Å². The van der Waals surface area contributed by atoms with Crippen LogP contribution in [0.2, 0.25) is 0 Å². The van der Waals surface area contributed by atoms with Crippen molar-refractivity contribution in [3.63, 3.8) is 0 Å². The first kappa shape index (κ1) is 13.4. The highest BCUT2D eigenvalue weighted by atomic mass is 16.5. The molecule has 0 aromatic carbocycles. The van der Waals surface area contributed by atoms with Gasteiger partial charge in [-0.3, -0.25) is 4.79 Å². The van der Waals surface area contributed by atoms with Crippen molar-refractivity contribution < 1.29 is 14.3 Å². The van der Waals surface area contributed by atoms with Crippen LogP contribution in [0, 0.1) is 0 Å². The van der Waals surface area contributed by atoms with Crippen LogP contribution < -0.4 is 5.32 Å². The van der Waals surface area contributed by atoms with Crippen LogP contribution in [-0.4, -0.2) is 38.4 Å². The van der Waals surface area contributed by atoms with Gasteiger partial charge in [0.2, 0.25) is 5.91 Å². The second kappa shape index (κ2) is 7.76. The molecule has 0 spiro atoms. The molecule has 14 heavy (non-hydrogen) atoms. The van der Waals surface area contributed by atoms with Crippen LogP contribution in [0.4, 0.5) is 0 Å². The molecule has 1 N–H and O–H groups in total. The summed E-state index contributed by atoms with van der Waals surface area (Å²) in [7, 11) is 1.62. The predicted octanol–water partition coefficient (Wildman–Crippen LogP) is 0.953. The molecule has 0 radical (unpaired) electrons. The van der Waals surface area contributed by atoms with E-state index in [4.69, 9.17) is 9.47 Å². The first-order valence-electron chi connectivity index (χ1n) is 5.00. The number of carbonyl (C=O) groups excluding carboxylic acids is 1. The molecule has 0 rings (SSSR count). The van der Waals surface area contributed by atoms with Crippen LogP contribution in [0.5, 0.6) is 0 Å². The Morgan fingerprint density at radius 3 is 2.50 bits per heavy atom. The third-order valence-electron chi connectivity index (χ3n) is 1.77. The smallest absolute Gasteiger partial charge is 0.246 e. The summed E-state index contributed by atoms with van der Waals surface area (Å²) in [6, 6.07) is 0.0864. The molecule has 1 unspecified atom stereocenters. The summed E-state index contributed by atoms with van der Waals surface area (Å²) in [6.07, 6.45) is 0.949. The van der Waals surface area contributed by atoms with Crippen LogP contribution in [-0.2, 0) is 14.3 Å². The van der Waals surface area contributed by atoms with Crippen molar-refractivity contribution in [2.45, 2.75) is 39.3 Å². The monoisotopic (exact) mass is 203 g/mol. The second-order valence-electron chi connectivity index (χ2n) is 3.49. The average molecular weight is 203 g/mol.